The molecule has 154 valence electrons. The number of aliphatic hydroxyl groups excluding tert-OH is 2. The van der Waals surface area contributed by atoms with Crippen LogP contribution in [0.2, 0.25) is 0 Å². The molecule has 0 fully saturated rings. The lowest BCUT2D eigenvalue weighted by atomic mass is 9.81. The molecular formula is C20H32O7. The lowest BCUT2D eigenvalue weighted by Crippen LogP contribution is -2.27. The zero-order valence-corrected chi connectivity index (χ0v) is 16.6. The van der Waals surface area contributed by atoms with Gasteiger partial charge in [0.05, 0.1) is 45.6 Å². The van der Waals surface area contributed by atoms with E-state index in [4.69, 9.17) is 14.6 Å². The summed E-state index contributed by atoms with van der Waals surface area (Å²) in [6.45, 7) is 8.27. The van der Waals surface area contributed by atoms with E-state index in [1.165, 1.54) is 0 Å². The molecular weight excluding hydrogens is 352 g/mol. The topological polar surface area (TPSA) is 116 Å². The number of phenols is 1. The number of aromatic hydroxyl groups is 1. The third-order valence-corrected chi connectivity index (χ3v) is 4.31. The summed E-state index contributed by atoms with van der Waals surface area (Å²) in [5.41, 5.74) is 1.67. The highest BCUT2D eigenvalue weighted by Crippen LogP contribution is 2.37. The second-order valence-electron chi connectivity index (χ2n) is 7.67. The second kappa shape index (κ2) is 10.6. The van der Waals surface area contributed by atoms with Crippen molar-refractivity contribution >= 4 is 5.97 Å². The van der Waals surface area contributed by atoms with Gasteiger partial charge < -0.3 is 29.9 Å². The number of aliphatic carboxylic acids is 1. The first kappa shape index (κ1) is 23.4. The number of rotatable bonds is 11. The maximum absolute atomic E-state index is 11.3. The summed E-state index contributed by atoms with van der Waals surface area (Å²) >= 11 is 0. The van der Waals surface area contributed by atoms with Crippen LogP contribution in [0.25, 0.3) is 0 Å². The fraction of sp³-hybridized carbons (Fsp3) is 0.650. The number of hydrogen-bond donors (Lipinski definition) is 4. The number of benzene rings is 1. The minimum absolute atomic E-state index is 0.0365. The van der Waals surface area contributed by atoms with Crippen LogP contribution in [0.1, 0.15) is 49.8 Å². The number of ether oxygens (including phenoxy) is 2. The molecule has 1 aromatic carbocycles. The van der Waals surface area contributed by atoms with Crippen LogP contribution in [0.3, 0.4) is 0 Å². The third kappa shape index (κ3) is 7.46. The Kier molecular flexibility index (Phi) is 9.18. The highest BCUT2D eigenvalue weighted by molar-refractivity contribution is 5.68. The van der Waals surface area contributed by atoms with E-state index in [1.807, 2.05) is 20.8 Å². The minimum atomic E-state index is -1.02. The van der Waals surface area contributed by atoms with Crippen LogP contribution in [-0.4, -0.2) is 65.5 Å². The Balaban J connectivity index is 2.96. The van der Waals surface area contributed by atoms with Gasteiger partial charge in [-0.2, -0.15) is 0 Å². The SMILES string of the molecule is Cc1cc(C(CC(=O)O)C(O)COCCOCCO)cc(C(C)(C)C)c1O. The Morgan fingerprint density at radius 3 is 2.33 bits per heavy atom. The van der Waals surface area contributed by atoms with E-state index >= 15 is 0 Å². The fourth-order valence-electron chi connectivity index (χ4n) is 2.86. The molecule has 0 saturated carbocycles. The number of carboxylic acid groups (broad SMARTS) is 1. The minimum Gasteiger partial charge on any atom is -0.507 e. The molecule has 2 unspecified atom stereocenters. The van der Waals surface area contributed by atoms with Gasteiger partial charge in [0.15, 0.2) is 0 Å². The van der Waals surface area contributed by atoms with E-state index in [0.29, 0.717) is 16.7 Å². The Morgan fingerprint density at radius 2 is 1.78 bits per heavy atom. The number of carboxylic acids is 1. The van der Waals surface area contributed by atoms with Gasteiger partial charge >= 0.3 is 5.97 Å². The van der Waals surface area contributed by atoms with Gasteiger partial charge in [-0.15, -0.1) is 0 Å². The molecule has 27 heavy (non-hydrogen) atoms. The summed E-state index contributed by atoms with van der Waals surface area (Å²) in [4.78, 5) is 11.3. The van der Waals surface area contributed by atoms with Crippen molar-refractivity contribution in [3.63, 3.8) is 0 Å². The average Bonchev–Trinajstić information content (AvgIpc) is 2.56. The maximum atomic E-state index is 11.3. The van der Waals surface area contributed by atoms with E-state index in [9.17, 15) is 20.1 Å². The molecule has 0 aliphatic carbocycles. The fourth-order valence-corrected chi connectivity index (χ4v) is 2.86. The molecule has 0 aliphatic heterocycles. The van der Waals surface area contributed by atoms with Crippen LogP contribution in [0.5, 0.6) is 5.75 Å². The Morgan fingerprint density at radius 1 is 1.15 bits per heavy atom. The zero-order chi connectivity index (χ0) is 20.6. The molecule has 0 heterocycles. The van der Waals surface area contributed by atoms with Gasteiger partial charge in [-0.05, 0) is 29.0 Å². The zero-order valence-electron chi connectivity index (χ0n) is 16.6. The Hall–Kier alpha value is -1.67. The third-order valence-electron chi connectivity index (χ3n) is 4.31. The summed E-state index contributed by atoms with van der Waals surface area (Å²) < 4.78 is 10.5. The van der Waals surface area contributed by atoms with Gasteiger partial charge in [0.1, 0.15) is 5.75 Å². The molecule has 1 aromatic rings. The molecule has 1 rings (SSSR count). The van der Waals surface area contributed by atoms with Crippen LogP contribution < -0.4 is 0 Å². The Labute approximate surface area is 160 Å². The summed E-state index contributed by atoms with van der Waals surface area (Å²) in [6, 6.07) is 3.48. The van der Waals surface area contributed by atoms with E-state index < -0.39 is 18.0 Å². The van der Waals surface area contributed by atoms with Crippen LogP contribution in [0.15, 0.2) is 12.1 Å². The first-order valence-electron chi connectivity index (χ1n) is 9.08. The van der Waals surface area contributed by atoms with Crippen LogP contribution in [0, 0.1) is 6.92 Å². The summed E-state index contributed by atoms with van der Waals surface area (Å²) in [5, 5.41) is 38.8. The molecule has 4 N–H and O–H groups in total. The normalized spacial score (nSPS) is 14.1. The first-order chi connectivity index (χ1) is 12.6. The lowest BCUT2D eigenvalue weighted by Gasteiger charge is -2.27. The van der Waals surface area contributed by atoms with E-state index in [2.05, 4.69) is 0 Å². The van der Waals surface area contributed by atoms with Crippen molar-refractivity contribution in [2.75, 3.05) is 33.0 Å². The number of carbonyl (C=O) groups is 1. The smallest absolute Gasteiger partial charge is 0.304 e. The van der Waals surface area contributed by atoms with Gasteiger partial charge in [-0.1, -0.05) is 32.9 Å². The monoisotopic (exact) mass is 384 g/mol. The average molecular weight is 384 g/mol. The molecule has 0 saturated heterocycles. The van der Waals surface area contributed by atoms with E-state index in [0.717, 1.165) is 0 Å². The van der Waals surface area contributed by atoms with Gasteiger partial charge in [0, 0.05) is 5.92 Å². The van der Waals surface area contributed by atoms with E-state index in [1.54, 1.807) is 19.1 Å². The molecule has 0 amide bonds. The van der Waals surface area contributed by atoms with Crippen molar-refractivity contribution in [1.29, 1.82) is 0 Å². The van der Waals surface area contributed by atoms with Crippen molar-refractivity contribution in [3.05, 3.63) is 28.8 Å². The molecule has 0 aliphatic rings. The number of aryl methyl sites for hydroxylation is 1. The summed E-state index contributed by atoms with van der Waals surface area (Å²) in [5.74, 6) is -1.50. The Bertz CT molecular complexity index is 607. The quantitative estimate of drug-likeness (QED) is 0.431. The molecule has 2 atom stereocenters. The number of phenolic OH excluding ortho intramolecular Hbond substituents is 1. The molecule has 7 heteroatoms. The number of aliphatic hydroxyl groups is 2. The van der Waals surface area contributed by atoms with E-state index in [-0.39, 0.29) is 50.6 Å². The van der Waals surface area contributed by atoms with Crippen molar-refractivity contribution in [2.24, 2.45) is 0 Å². The number of hydrogen-bond acceptors (Lipinski definition) is 6. The summed E-state index contributed by atoms with van der Waals surface area (Å²) in [6.07, 6.45) is -1.27. The van der Waals surface area contributed by atoms with Crippen LogP contribution in [0.4, 0.5) is 0 Å². The first-order valence-corrected chi connectivity index (χ1v) is 9.08. The highest BCUT2D eigenvalue weighted by atomic mass is 16.5. The second-order valence-corrected chi connectivity index (χ2v) is 7.67. The molecule has 7 nitrogen and oxygen atoms in total. The standard InChI is InChI=1S/C20H32O7/c1-13-9-14(10-16(19(13)25)20(2,3)4)15(11-18(23)24)17(22)12-27-8-7-26-6-5-21/h9-10,15,17,21-22,25H,5-8,11-12H2,1-4H3,(H,23,24). The van der Waals surface area contributed by atoms with Crippen molar-refractivity contribution in [3.8, 4) is 5.75 Å². The van der Waals surface area contributed by atoms with Gasteiger partial charge in [-0.3, -0.25) is 4.79 Å². The van der Waals surface area contributed by atoms with Crippen LogP contribution in [-0.2, 0) is 19.7 Å². The predicted molar refractivity (Wildman–Crippen MR) is 101 cm³/mol. The molecule has 0 radical (unpaired) electrons. The lowest BCUT2D eigenvalue weighted by molar-refractivity contribution is -0.138. The van der Waals surface area contributed by atoms with Gasteiger partial charge in [0.25, 0.3) is 0 Å². The maximum Gasteiger partial charge on any atom is 0.304 e. The van der Waals surface area contributed by atoms with Crippen molar-refractivity contribution in [1.82, 2.24) is 0 Å². The molecule has 0 bridgehead atoms. The molecule has 0 aromatic heterocycles. The van der Waals surface area contributed by atoms with Crippen molar-refractivity contribution < 1.29 is 34.7 Å². The molecule has 0 spiro atoms. The highest BCUT2D eigenvalue weighted by Gasteiger charge is 2.28. The van der Waals surface area contributed by atoms with Gasteiger partial charge in [-0.25, -0.2) is 0 Å². The van der Waals surface area contributed by atoms with Gasteiger partial charge in [0.2, 0.25) is 0 Å². The van der Waals surface area contributed by atoms with Crippen molar-refractivity contribution in [2.45, 2.75) is 51.6 Å². The largest absolute Gasteiger partial charge is 0.507 e. The predicted octanol–water partition coefficient (Wildman–Crippen LogP) is 1.94. The summed E-state index contributed by atoms with van der Waals surface area (Å²) in [7, 11) is 0. The van der Waals surface area contributed by atoms with Crippen LogP contribution >= 0.6 is 0 Å².